The molecule has 1 fully saturated rings. The number of aliphatic carboxylic acids is 1. The first-order chi connectivity index (χ1) is 23.0. The number of allylic oxidation sites excluding steroid dienone is 3. The summed E-state index contributed by atoms with van der Waals surface area (Å²) in [6.07, 6.45) is 8.69. The predicted molar refractivity (Wildman–Crippen MR) is 188 cm³/mol. The number of carboxylic acid groups (broad SMARTS) is 1. The van der Waals surface area contributed by atoms with Crippen LogP contribution in [0.1, 0.15) is 87.6 Å². The van der Waals surface area contributed by atoms with Gasteiger partial charge in [-0.1, -0.05) is 49.6 Å². The van der Waals surface area contributed by atoms with Gasteiger partial charge in [-0.05, 0) is 105 Å². The van der Waals surface area contributed by atoms with Gasteiger partial charge in [-0.15, -0.1) is 11.3 Å². The molecule has 2 amide bonds. The van der Waals surface area contributed by atoms with Crippen molar-refractivity contribution < 1.29 is 34.1 Å². The second kappa shape index (κ2) is 15.6. The monoisotopic (exact) mass is 692 g/mol. The molecule has 2 aromatic rings. The second-order valence-electron chi connectivity index (χ2n) is 13.0. The van der Waals surface area contributed by atoms with Crippen molar-refractivity contribution in [3.8, 4) is 11.5 Å². The van der Waals surface area contributed by atoms with Crippen molar-refractivity contribution in [2.45, 2.75) is 96.6 Å². The highest BCUT2D eigenvalue weighted by molar-refractivity contribution is 8.13. The largest absolute Gasteiger partial charge is 0.507 e. The summed E-state index contributed by atoms with van der Waals surface area (Å²) in [6.45, 7) is 10.4. The molecule has 1 aromatic carbocycles. The number of aromatic hydroxyl groups is 1. The molecule has 4 atom stereocenters. The van der Waals surface area contributed by atoms with Crippen LogP contribution in [0.5, 0.6) is 11.5 Å². The van der Waals surface area contributed by atoms with E-state index >= 15 is 0 Å². The Morgan fingerprint density at radius 2 is 1.98 bits per heavy atom. The predicted octanol–water partition coefficient (Wildman–Crippen LogP) is 7.51. The number of benzene rings is 1. The van der Waals surface area contributed by atoms with Crippen LogP contribution in [0.15, 0.2) is 64.7 Å². The van der Waals surface area contributed by atoms with Crippen molar-refractivity contribution in [1.29, 1.82) is 0 Å². The number of phenolic OH excluding ortho intramolecular Hbond substituents is 1. The fourth-order valence-electron chi connectivity index (χ4n) is 7.06. The van der Waals surface area contributed by atoms with Crippen LogP contribution in [0.2, 0.25) is 0 Å². The van der Waals surface area contributed by atoms with Crippen LogP contribution in [0, 0.1) is 5.92 Å². The molecule has 3 N–H and O–H groups in total. The van der Waals surface area contributed by atoms with E-state index in [1.807, 2.05) is 30.5 Å². The van der Waals surface area contributed by atoms with Crippen LogP contribution in [-0.4, -0.2) is 56.0 Å². The summed E-state index contributed by atoms with van der Waals surface area (Å²) in [5.41, 5.74) is 3.95. The maximum atomic E-state index is 13.4. The third-order valence-corrected chi connectivity index (χ3v) is 11.2. The lowest BCUT2D eigenvalue weighted by molar-refractivity contribution is -0.155. The first-order valence-corrected chi connectivity index (χ1v) is 18.5. The minimum Gasteiger partial charge on any atom is -0.507 e. The Balaban J connectivity index is 1.32. The van der Waals surface area contributed by atoms with E-state index < -0.39 is 29.3 Å². The molecule has 1 aromatic heterocycles. The Morgan fingerprint density at radius 1 is 1.19 bits per heavy atom. The van der Waals surface area contributed by atoms with E-state index in [0.29, 0.717) is 29.7 Å². The molecule has 48 heavy (non-hydrogen) atoms. The molecule has 9 nitrogen and oxygen atoms in total. The zero-order chi connectivity index (χ0) is 34.5. The number of thioether (sulfide) groups is 1. The number of phenols is 1. The van der Waals surface area contributed by atoms with Gasteiger partial charge >= 0.3 is 11.3 Å². The Morgan fingerprint density at radius 3 is 2.67 bits per heavy atom. The average molecular weight is 693 g/mol. The molecule has 0 saturated carbocycles. The Bertz CT molecular complexity index is 1640. The quantitative estimate of drug-likeness (QED) is 0.0851. The lowest BCUT2D eigenvalue weighted by Gasteiger charge is -2.50. The van der Waals surface area contributed by atoms with Gasteiger partial charge in [0.1, 0.15) is 23.2 Å². The third kappa shape index (κ3) is 7.89. The number of amides is 2. The van der Waals surface area contributed by atoms with Crippen LogP contribution >= 0.6 is 23.1 Å². The summed E-state index contributed by atoms with van der Waals surface area (Å²) in [5.74, 6) is -1.72. The maximum absolute atomic E-state index is 13.4. The molecular formula is C37H44N2O7S2. The number of unbranched alkanes of at least 4 members (excludes halogenated alkanes) is 2. The molecule has 1 aliphatic carbocycles. The van der Waals surface area contributed by atoms with Crippen molar-refractivity contribution in [2.75, 3.05) is 5.75 Å². The molecule has 3 aliphatic rings. The fraction of sp³-hybridized carbons (Fsp3) is 0.459. The van der Waals surface area contributed by atoms with E-state index in [-0.39, 0.29) is 41.4 Å². The van der Waals surface area contributed by atoms with Gasteiger partial charge in [0.15, 0.2) is 0 Å². The van der Waals surface area contributed by atoms with Gasteiger partial charge in [-0.3, -0.25) is 14.5 Å². The SMILES string of the molecule is C=C(C)[C@@H]1CCC(C)=C[C@H]1c1c(O)cc(CCCCC)cc1OC(=O)SCC1=C(C(=O)O)N2C(=O)[C@@H](NC(=O)Cc3cccs3)[C@H]2CC1. The molecular weight excluding hydrogens is 649 g/mol. The highest BCUT2D eigenvalue weighted by Gasteiger charge is 2.53. The molecule has 0 bridgehead atoms. The smallest absolute Gasteiger partial charge is 0.373 e. The van der Waals surface area contributed by atoms with Gasteiger partial charge in [0, 0.05) is 22.1 Å². The second-order valence-corrected chi connectivity index (χ2v) is 15.0. The zero-order valence-corrected chi connectivity index (χ0v) is 29.4. The van der Waals surface area contributed by atoms with Crippen molar-refractivity contribution >= 4 is 46.2 Å². The summed E-state index contributed by atoms with van der Waals surface area (Å²) >= 11 is 2.29. The fourth-order valence-corrected chi connectivity index (χ4v) is 8.48. The van der Waals surface area contributed by atoms with Crippen LogP contribution < -0.4 is 10.1 Å². The lowest BCUT2D eigenvalue weighted by Crippen LogP contribution is -2.71. The summed E-state index contributed by atoms with van der Waals surface area (Å²) < 4.78 is 5.97. The van der Waals surface area contributed by atoms with E-state index in [4.69, 9.17) is 4.74 Å². The highest BCUT2D eigenvalue weighted by atomic mass is 32.2. The molecule has 0 radical (unpaired) electrons. The average Bonchev–Trinajstić information content (AvgIpc) is 3.55. The third-order valence-electron chi connectivity index (χ3n) is 9.49. The molecule has 2 aliphatic heterocycles. The number of hydrogen-bond acceptors (Lipinski definition) is 8. The summed E-state index contributed by atoms with van der Waals surface area (Å²) in [7, 11) is 0. The van der Waals surface area contributed by atoms with Crippen LogP contribution in [-0.2, 0) is 27.2 Å². The van der Waals surface area contributed by atoms with E-state index in [0.717, 1.165) is 66.3 Å². The number of carbonyl (C=O) groups is 4. The molecule has 11 heteroatoms. The van der Waals surface area contributed by atoms with Crippen molar-refractivity contribution in [1.82, 2.24) is 10.2 Å². The van der Waals surface area contributed by atoms with Crippen molar-refractivity contribution in [3.05, 3.63) is 80.7 Å². The number of thiophene rings is 1. The number of nitrogens with one attached hydrogen (secondary N) is 1. The Hall–Kier alpha value is -3.83. The first kappa shape index (κ1) is 35.5. The van der Waals surface area contributed by atoms with Gasteiger partial charge < -0.3 is 20.3 Å². The molecule has 0 unspecified atom stereocenters. The summed E-state index contributed by atoms with van der Waals surface area (Å²) in [5, 5.41) is 25.5. The minimum absolute atomic E-state index is 0.0285. The van der Waals surface area contributed by atoms with Crippen molar-refractivity contribution in [2.24, 2.45) is 5.92 Å². The van der Waals surface area contributed by atoms with Crippen LogP contribution in [0.25, 0.3) is 0 Å². The standard InChI is InChI=1S/C37H44N2O7S2/c1-5-6-7-9-23-17-29(40)32(27-16-22(4)11-13-26(27)21(2)3)30(18-23)46-37(45)48-20-24-12-14-28-33(35(42)39(28)34(24)36(43)44)38-31(41)19-25-10-8-15-47-25/h8,10,15-18,26-28,33,40H,2,5-7,9,11-14,19-20H2,1,3-4H3,(H,38,41)(H,43,44)/t26-,27+,28+,33-/m0/s1. The van der Waals surface area contributed by atoms with E-state index in [9.17, 15) is 29.4 Å². The lowest BCUT2D eigenvalue weighted by atomic mass is 9.73. The Labute approximate surface area is 290 Å². The maximum Gasteiger partial charge on any atom is 0.373 e. The van der Waals surface area contributed by atoms with Gasteiger partial charge in [0.2, 0.25) is 5.91 Å². The van der Waals surface area contributed by atoms with Gasteiger partial charge in [0.05, 0.1) is 12.5 Å². The number of nitrogens with zero attached hydrogens (tertiary/aromatic N) is 1. The van der Waals surface area contributed by atoms with Gasteiger partial charge in [-0.25, -0.2) is 9.59 Å². The van der Waals surface area contributed by atoms with Crippen LogP contribution in [0.3, 0.4) is 0 Å². The number of ether oxygens (including phenoxy) is 1. The number of carbonyl (C=O) groups excluding carboxylic acids is 3. The topological polar surface area (TPSA) is 133 Å². The number of fused-ring (bicyclic) bond motifs is 1. The zero-order valence-electron chi connectivity index (χ0n) is 27.8. The van der Waals surface area contributed by atoms with Crippen molar-refractivity contribution in [3.63, 3.8) is 0 Å². The minimum atomic E-state index is -1.25. The number of carboxylic acids is 1. The first-order valence-electron chi connectivity index (χ1n) is 16.6. The van der Waals surface area contributed by atoms with Gasteiger partial charge in [-0.2, -0.15) is 0 Å². The molecule has 5 rings (SSSR count). The van der Waals surface area contributed by atoms with Crippen LogP contribution in [0.4, 0.5) is 4.79 Å². The summed E-state index contributed by atoms with van der Waals surface area (Å²) in [4.78, 5) is 53.6. The van der Waals surface area contributed by atoms with E-state index in [2.05, 4.69) is 31.8 Å². The number of hydrogen-bond donors (Lipinski definition) is 3. The molecule has 256 valence electrons. The number of β-lactam (4-membered cyclic amide) rings is 1. The van der Waals surface area contributed by atoms with E-state index in [1.165, 1.54) is 21.8 Å². The van der Waals surface area contributed by atoms with E-state index in [1.54, 1.807) is 6.07 Å². The highest BCUT2D eigenvalue weighted by Crippen LogP contribution is 2.47. The molecule has 1 saturated heterocycles. The summed E-state index contributed by atoms with van der Waals surface area (Å²) in [6, 6.07) is 6.09. The molecule has 3 heterocycles. The van der Waals surface area contributed by atoms with Gasteiger partial charge in [0.25, 0.3) is 5.91 Å². The molecule has 0 spiro atoms. The number of aryl methyl sites for hydroxylation is 1. The number of rotatable bonds is 13. The Kier molecular flexibility index (Phi) is 11.5. The normalized spacial score (nSPS) is 22.0.